The Morgan fingerprint density at radius 2 is 1.19 bits per heavy atom. The SMILES string of the molecule is CC(C)(C)C[C@H](NC(=O)[C@H](CC(=O)O)NC(=O)[C@H](Cc1c[nH]c2ccccc12)NC(=O)[C@@H]1CCCCN1)C(=O)NC(C)(C)C(=O)N[C@@H](CC(N)=O)C(=O)N[C@@H](Cc1c[nH]c2cc(Cl)ccc12)C(=O)N[C@@H](CCC(N)=O)C(N)=O. The molecule has 2 aromatic carbocycles. The van der Waals surface area contributed by atoms with Crippen molar-refractivity contribution < 1.29 is 57.8 Å². The molecule has 4 aromatic rings. The van der Waals surface area contributed by atoms with Gasteiger partial charge in [-0.2, -0.15) is 0 Å². The third-order valence-corrected chi connectivity index (χ3v) is 13.2. The molecular weight excluding hydrogens is 1030 g/mol. The summed E-state index contributed by atoms with van der Waals surface area (Å²) in [5, 5.41) is 32.6. The van der Waals surface area contributed by atoms with Crippen LogP contribution >= 0.6 is 11.6 Å². The number of nitrogens with one attached hydrogen (secondary N) is 10. The molecule has 3 heterocycles. The van der Waals surface area contributed by atoms with Gasteiger partial charge in [0.1, 0.15) is 41.8 Å². The highest BCUT2D eigenvalue weighted by Gasteiger charge is 2.39. The van der Waals surface area contributed by atoms with Gasteiger partial charge in [0.15, 0.2) is 0 Å². The second kappa shape index (κ2) is 26.8. The number of aliphatic carboxylic acids is 1. The number of hydrogen-bond acceptors (Lipinski definition) is 12. The molecule has 17 N–H and O–H groups in total. The number of carboxylic acids is 1. The van der Waals surface area contributed by atoms with E-state index in [0.29, 0.717) is 40.0 Å². The Morgan fingerprint density at radius 1 is 0.641 bits per heavy atom. The van der Waals surface area contributed by atoms with Gasteiger partial charge in [0.05, 0.1) is 18.9 Å². The highest BCUT2D eigenvalue weighted by Crippen LogP contribution is 2.25. The maximum atomic E-state index is 14.3. The van der Waals surface area contributed by atoms with Gasteiger partial charge in [-0.15, -0.1) is 0 Å². The second-order valence-corrected chi connectivity index (χ2v) is 21.6. The Labute approximate surface area is 454 Å². The van der Waals surface area contributed by atoms with Gasteiger partial charge in [-0.05, 0) is 80.8 Å². The number of carbonyl (C=O) groups excluding carboxylic acids is 10. The van der Waals surface area contributed by atoms with E-state index in [4.69, 9.17) is 28.8 Å². The first-order valence-corrected chi connectivity index (χ1v) is 25.7. The smallest absolute Gasteiger partial charge is 0.305 e. The van der Waals surface area contributed by atoms with E-state index in [9.17, 15) is 57.8 Å². The van der Waals surface area contributed by atoms with E-state index in [0.717, 1.165) is 23.7 Å². The molecule has 1 aliphatic heterocycles. The summed E-state index contributed by atoms with van der Waals surface area (Å²) in [5.74, 6) is -10.8. The van der Waals surface area contributed by atoms with Gasteiger partial charge in [0.25, 0.3) is 0 Å². The van der Waals surface area contributed by atoms with Crippen LogP contribution in [0.4, 0.5) is 0 Å². The van der Waals surface area contributed by atoms with Crippen LogP contribution in [0.25, 0.3) is 21.8 Å². The van der Waals surface area contributed by atoms with E-state index >= 15 is 0 Å². The number of piperidine rings is 1. The lowest BCUT2D eigenvalue weighted by Gasteiger charge is -2.32. The zero-order valence-corrected chi connectivity index (χ0v) is 44.8. The fraction of sp³-hybridized carbons (Fsp3) is 0.481. The van der Waals surface area contributed by atoms with E-state index < -0.39 is 131 Å². The average Bonchev–Trinajstić information content (AvgIpc) is 3.97. The van der Waals surface area contributed by atoms with Crippen molar-refractivity contribution in [3.05, 3.63) is 71.0 Å². The first-order chi connectivity index (χ1) is 36.6. The number of aromatic nitrogens is 2. The summed E-state index contributed by atoms with van der Waals surface area (Å²) < 4.78 is 0. The molecule has 25 nitrogen and oxygen atoms in total. The molecule has 26 heteroatoms. The standard InChI is InChI=1S/C52H70ClN13O12/c1-51(2,3)23-39(64-48(76)38(22-42(69)70)63-46(74)36(61-44(72)33-12-8-9-17-57-33)18-26-24-58-31-11-7-6-10-29(26)31)49(77)66-52(4,5)50(78)65-37(21-41(55)68)47(75)62-35(45(73)60-32(43(56)71)15-16-40(54)67)19-27-25-59-34-20-28(53)13-14-30(27)34/h6-7,10-11,13-14,20,24-25,32-33,35-39,57-59H,8-9,12,15-19,21-23H2,1-5H3,(H2,54,67)(H2,55,68)(H2,56,71)(H,60,73)(H,61,72)(H,62,75)(H,63,74)(H,64,76)(H,65,78)(H,66,77)(H,69,70)/t32-,33-,35-,36-,37-,38-,39-/m0/s1. The molecule has 0 saturated carbocycles. The Morgan fingerprint density at radius 3 is 1.77 bits per heavy atom. The Hall–Kier alpha value is -8.06. The number of hydrogen-bond donors (Lipinski definition) is 14. The summed E-state index contributed by atoms with van der Waals surface area (Å²) in [7, 11) is 0. The molecule has 78 heavy (non-hydrogen) atoms. The van der Waals surface area contributed by atoms with Crippen molar-refractivity contribution in [3.8, 4) is 0 Å². The summed E-state index contributed by atoms with van der Waals surface area (Å²) in [5.41, 5.74) is 16.1. The number of fused-ring (bicyclic) bond motifs is 2. The average molecular weight is 1100 g/mol. The van der Waals surface area contributed by atoms with Crippen LogP contribution in [-0.2, 0) is 65.6 Å². The highest BCUT2D eigenvalue weighted by atomic mass is 35.5. The maximum Gasteiger partial charge on any atom is 0.305 e. The molecule has 0 radical (unpaired) electrons. The molecule has 0 unspecified atom stereocenters. The lowest BCUT2D eigenvalue weighted by Crippen LogP contribution is -2.64. The van der Waals surface area contributed by atoms with Gasteiger partial charge in [-0.3, -0.25) is 52.7 Å². The van der Waals surface area contributed by atoms with Crippen LogP contribution in [0, 0.1) is 5.41 Å². The molecule has 422 valence electrons. The summed E-state index contributed by atoms with van der Waals surface area (Å²) in [6, 6.07) is 2.34. The monoisotopic (exact) mass is 1100 g/mol. The molecule has 2 aromatic heterocycles. The predicted molar refractivity (Wildman–Crippen MR) is 286 cm³/mol. The molecule has 10 amide bonds. The fourth-order valence-electron chi connectivity index (χ4n) is 8.90. The zero-order chi connectivity index (χ0) is 57.6. The normalized spacial score (nSPS) is 16.0. The highest BCUT2D eigenvalue weighted by molar-refractivity contribution is 6.31. The topological polar surface area (TPSA) is 414 Å². The Bertz CT molecular complexity index is 2910. The number of halogens is 1. The minimum absolute atomic E-state index is 0.0437. The summed E-state index contributed by atoms with van der Waals surface area (Å²) >= 11 is 6.17. The largest absolute Gasteiger partial charge is 0.481 e. The van der Waals surface area contributed by atoms with Gasteiger partial charge < -0.3 is 74.8 Å². The number of primary amides is 3. The van der Waals surface area contributed by atoms with Crippen LogP contribution in [0.3, 0.4) is 0 Å². The molecule has 0 spiro atoms. The summed E-state index contributed by atoms with van der Waals surface area (Å²) in [6.07, 6.45) is 2.69. The lowest BCUT2D eigenvalue weighted by molar-refractivity contribution is -0.142. The Kier molecular flexibility index (Phi) is 20.9. The molecular formula is C52H70ClN13O12. The quantitative estimate of drug-likeness (QED) is 0.0361. The summed E-state index contributed by atoms with van der Waals surface area (Å²) in [6.45, 7) is 8.34. The van der Waals surface area contributed by atoms with E-state index in [1.165, 1.54) is 13.8 Å². The van der Waals surface area contributed by atoms with E-state index in [-0.39, 0.29) is 32.1 Å². The number of rotatable bonds is 27. The molecule has 1 aliphatic rings. The second-order valence-electron chi connectivity index (χ2n) is 21.2. The van der Waals surface area contributed by atoms with Gasteiger partial charge in [-0.1, -0.05) is 63.1 Å². The van der Waals surface area contributed by atoms with Crippen LogP contribution in [0.2, 0.25) is 5.02 Å². The van der Waals surface area contributed by atoms with Crippen LogP contribution in [0.15, 0.2) is 54.9 Å². The van der Waals surface area contributed by atoms with Crippen molar-refractivity contribution in [3.63, 3.8) is 0 Å². The molecule has 1 fully saturated rings. The molecule has 1 saturated heterocycles. The van der Waals surface area contributed by atoms with Crippen LogP contribution in [-0.4, -0.2) is 134 Å². The lowest BCUT2D eigenvalue weighted by atomic mass is 9.87. The van der Waals surface area contributed by atoms with Gasteiger partial charge in [0.2, 0.25) is 59.1 Å². The molecule has 5 rings (SSSR count). The van der Waals surface area contributed by atoms with Gasteiger partial charge in [0, 0.05) is 58.5 Å². The van der Waals surface area contributed by atoms with Crippen molar-refractivity contribution in [2.45, 2.75) is 147 Å². The number of para-hydroxylation sites is 1. The van der Waals surface area contributed by atoms with E-state index in [1.54, 1.807) is 57.4 Å². The first-order valence-electron chi connectivity index (χ1n) is 25.4. The minimum atomic E-state index is -1.94. The molecule has 0 bridgehead atoms. The van der Waals surface area contributed by atoms with E-state index in [2.05, 4.69) is 52.5 Å². The van der Waals surface area contributed by atoms with E-state index in [1.807, 2.05) is 18.2 Å². The van der Waals surface area contributed by atoms with Gasteiger partial charge in [-0.25, -0.2) is 0 Å². The van der Waals surface area contributed by atoms with Crippen molar-refractivity contribution in [1.29, 1.82) is 0 Å². The maximum absolute atomic E-state index is 14.3. The number of benzene rings is 2. The summed E-state index contributed by atoms with van der Waals surface area (Å²) in [4.78, 5) is 153. The van der Waals surface area contributed by atoms with Crippen molar-refractivity contribution >= 4 is 98.4 Å². The number of carbonyl (C=O) groups is 11. The Balaban J connectivity index is 1.34. The minimum Gasteiger partial charge on any atom is -0.481 e. The number of H-pyrrole nitrogens is 2. The number of carboxylic acid groups (broad SMARTS) is 1. The molecule has 0 aliphatic carbocycles. The zero-order valence-electron chi connectivity index (χ0n) is 44.1. The number of aromatic amines is 2. The van der Waals surface area contributed by atoms with Gasteiger partial charge >= 0.3 is 5.97 Å². The third-order valence-electron chi connectivity index (χ3n) is 13.0. The number of amides is 10. The predicted octanol–water partition coefficient (Wildman–Crippen LogP) is -0.429. The van der Waals surface area contributed by atoms with Crippen molar-refractivity contribution in [1.82, 2.24) is 52.5 Å². The van der Waals surface area contributed by atoms with Crippen LogP contribution in [0.5, 0.6) is 0 Å². The number of nitrogens with two attached hydrogens (primary N) is 3. The van der Waals surface area contributed by atoms with Crippen molar-refractivity contribution in [2.24, 2.45) is 22.6 Å². The molecule has 7 atom stereocenters. The van der Waals surface area contributed by atoms with Crippen molar-refractivity contribution in [2.75, 3.05) is 6.54 Å². The third kappa shape index (κ3) is 17.8. The van der Waals surface area contributed by atoms with Crippen LogP contribution in [0.1, 0.15) is 97.1 Å². The first kappa shape index (κ1) is 60.8. The fourth-order valence-corrected chi connectivity index (χ4v) is 9.07. The van der Waals surface area contributed by atoms with Crippen LogP contribution < -0.4 is 59.7 Å².